The minimum Gasteiger partial charge on any atom is -0.324 e. The molecule has 0 heterocycles. The zero-order valence-electron chi connectivity index (χ0n) is 6.83. The molecule has 1 nitrogen and oxygen atoms in total. The molecule has 0 amide bonds. The second kappa shape index (κ2) is 3.08. The molecular weight excluding hydrogens is 170 g/mol. The van der Waals surface area contributed by atoms with Crippen LogP contribution in [0.15, 0.2) is 24.3 Å². The van der Waals surface area contributed by atoms with E-state index in [2.05, 4.69) is 0 Å². The molecule has 0 radical (unpaired) electrons. The molecular formula is C10H12ClN. The molecule has 0 aliphatic heterocycles. The highest BCUT2D eigenvalue weighted by Crippen LogP contribution is 2.39. The van der Waals surface area contributed by atoms with Gasteiger partial charge in [0.1, 0.15) is 0 Å². The minimum absolute atomic E-state index is 0.224. The standard InChI is InChI=1S/C10H12ClN/c11-9-5-3-8(4-6-9)10(12)7-1-2-7/h3-7,10H,1-2,12H2/t10-/m1/s1. The fraction of sp³-hybridized carbons (Fsp3) is 0.400. The molecule has 1 aliphatic carbocycles. The molecule has 64 valence electrons. The summed E-state index contributed by atoms with van der Waals surface area (Å²) >= 11 is 5.77. The second-order valence-corrected chi connectivity index (χ2v) is 3.85. The topological polar surface area (TPSA) is 26.0 Å². The van der Waals surface area contributed by atoms with Gasteiger partial charge in [0.2, 0.25) is 0 Å². The monoisotopic (exact) mass is 181 g/mol. The van der Waals surface area contributed by atoms with Crippen molar-refractivity contribution < 1.29 is 0 Å². The number of benzene rings is 1. The van der Waals surface area contributed by atoms with Gasteiger partial charge in [0.15, 0.2) is 0 Å². The quantitative estimate of drug-likeness (QED) is 0.746. The van der Waals surface area contributed by atoms with Crippen molar-refractivity contribution >= 4 is 11.6 Å². The summed E-state index contributed by atoms with van der Waals surface area (Å²) in [6, 6.07) is 8.07. The Morgan fingerprint density at radius 3 is 2.33 bits per heavy atom. The highest BCUT2D eigenvalue weighted by atomic mass is 35.5. The van der Waals surface area contributed by atoms with Gasteiger partial charge in [-0.3, -0.25) is 0 Å². The third-order valence-corrected chi connectivity index (χ3v) is 2.64. The summed E-state index contributed by atoms with van der Waals surface area (Å²) < 4.78 is 0. The molecule has 1 saturated carbocycles. The number of hydrogen-bond acceptors (Lipinski definition) is 1. The lowest BCUT2D eigenvalue weighted by molar-refractivity contribution is 0.633. The molecule has 1 aromatic carbocycles. The molecule has 0 bridgehead atoms. The first-order valence-electron chi connectivity index (χ1n) is 4.28. The fourth-order valence-corrected chi connectivity index (χ4v) is 1.54. The smallest absolute Gasteiger partial charge is 0.0406 e. The van der Waals surface area contributed by atoms with Gasteiger partial charge in [0.05, 0.1) is 0 Å². The summed E-state index contributed by atoms with van der Waals surface area (Å²) in [6.07, 6.45) is 2.56. The van der Waals surface area contributed by atoms with Gasteiger partial charge in [-0.25, -0.2) is 0 Å². The highest BCUT2D eigenvalue weighted by Gasteiger charge is 2.29. The van der Waals surface area contributed by atoms with Crippen LogP contribution >= 0.6 is 11.6 Å². The minimum atomic E-state index is 0.224. The van der Waals surface area contributed by atoms with E-state index in [9.17, 15) is 0 Å². The lowest BCUT2D eigenvalue weighted by Gasteiger charge is -2.09. The first kappa shape index (κ1) is 8.09. The van der Waals surface area contributed by atoms with Gasteiger partial charge in [-0.15, -0.1) is 0 Å². The van der Waals surface area contributed by atoms with Crippen LogP contribution in [-0.2, 0) is 0 Å². The van der Waals surface area contributed by atoms with E-state index in [0.29, 0.717) is 5.92 Å². The van der Waals surface area contributed by atoms with Crippen LogP contribution in [0.4, 0.5) is 0 Å². The lowest BCUT2D eigenvalue weighted by Crippen LogP contribution is -2.11. The number of rotatable bonds is 2. The maximum Gasteiger partial charge on any atom is 0.0406 e. The summed E-state index contributed by atoms with van der Waals surface area (Å²) in [5, 5.41) is 0.779. The Balaban J connectivity index is 2.16. The zero-order chi connectivity index (χ0) is 8.55. The Labute approximate surface area is 77.5 Å². The van der Waals surface area contributed by atoms with Crippen LogP contribution in [0.5, 0.6) is 0 Å². The molecule has 1 aromatic rings. The molecule has 2 rings (SSSR count). The van der Waals surface area contributed by atoms with Gasteiger partial charge in [0, 0.05) is 11.1 Å². The van der Waals surface area contributed by atoms with Crippen LogP contribution in [0.1, 0.15) is 24.4 Å². The molecule has 2 heteroatoms. The van der Waals surface area contributed by atoms with E-state index in [-0.39, 0.29) is 6.04 Å². The van der Waals surface area contributed by atoms with Crippen molar-refractivity contribution in [3.05, 3.63) is 34.9 Å². The number of halogens is 1. The zero-order valence-corrected chi connectivity index (χ0v) is 7.59. The van der Waals surface area contributed by atoms with Crippen molar-refractivity contribution in [2.24, 2.45) is 11.7 Å². The Kier molecular flexibility index (Phi) is 2.07. The summed E-state index contributed by atoms with van der Waals surface area (Å²) in [4.78, 5) is 0. The average molecular weight is 182 g/mol. The van der Waals surface area contributed by atoms with Crippen LogP contribution in [0.2, 0.25) is 5.02 Å². The molecule has 0 saturated heterocycles. The molecule has 0 aromatic heterocycles. The average Bonchev–Trinajstić information content (AvgIpc) is 2.87. The van der Waals surface area contributed by atoms with Crippen LogP contribution in [-0.4, -0.2) is 0 Å². The molecule has 1 atom stereocenters. The Bertz CT molecular complexity index is 264. The lowest BCUT2D eigenvalue weighted by atomic mass is 10.0. The van der Waals surface area contributed by atoms with Crippen LogP contribution in [0, 0.1) is 5.92 Å². The van der Waals surface area contributed by atoms with Gasteiger partial charge in [-0.1, -0.05) is 23.7 Å². The first-order valence-corrected chi connectivity index (χ1v) is 4.66. The van der Waals surface area contributed by atoms with Gasteiger partial charge in [-0.2, -0.15) is 0 Å². The largest absolute Gasteiger partial charge is 0.324 e. The number of hydrogen-bond donors (Lipinski definition) is 1. The third kappa shape index (κ3) is 1.62. The van der Waals surface area contributed by atoms with E-state index >= 15 is 0 Å². The van der Waals surface area contributed by atoms with Gasteiger partial charge in [-0.05, 0) is 36.5 Å². The van der Waals surface area contributed by atoms with E-state index in [0.717, 1.165) is 5.02 Å². The van der Waals surface area contributed by atoms with Gasteiger partial charge < -0.3 is 5.73 Å². The molecule has 2 N–H and O–H groups in total. The van der Waals surface area contributed by atoms with E-state index < -0.39 is 0 Å². The van der Waals surface area contributed by atoms with E-state index in [4.69, 9.17) is 17.3 Å². The SMILES string of the molecule is N[C@@H](c1ccc(Cl)cc1)C1CC1. The van der Waals surface area contributed by atoms with Gasteiger partial charge >= 0.3 is 0 Å². The van der Waals surface area contributed by atoms with E-state index in [1.807, 2.05) is 24.3 Å². The molecule has 1 fully saturated rings. The Morgan fingerprint density at radius 1 is 1.25 bits per heavy atom. The van der Waals surface area contributed by atoms with E-state index in [1.165, 1.54) is 18.4 Å². The highest BCUT2D eigenvalue weighted by molar-refractivity contribution is 6.30. The molecule has 12 heavy (non-hydrogen) atoms. The van der Waals surface area contributed by atoms with Crippen molar-refractivity contribution in [2.75, 3.05) is 0 Å². The first-order chi connectivity index (χ1) is 5.77. The van der Waals surface area contributed by atoms with E-state index in [1.54, 1.807) is 0 Å². The van der Waals surface area contributed by atoms with Crippen molar-refractivity contribution in [1.82, 2.24) is 0 Å². The molecule has 0 unspecified atom stereocenters. The maximum atomic E-state index is 6.01. The van der Waals surface area contributed by atoms with Crippen molar-refractivity contribution in [1.29, 1.82) is 0 Å². The van der Waals surface area contributed by atoms with Gasteiger partial charge in [0.25, 0.3) is 0 Å². The van der Waals surface area contributed by atoms with Crippen molar-refractivity contribution in [3.63, 3.8) is 0 Å². The normalized spacial score (nSPS) is 19.2. The van der Waals surface area contributed by atoms with Crippen molar-refractivity contribution in [2.45, 2.75) is 18.9 Å². The Morgan fingerprint density at radius 2 is 1.83 bits per heavy atom. The van der Waals surface area contributed by atoms with Crippen LogP contribution in [0.25, 0.3) is 0 Å². The summed E-state index contributed by atoms with van der Waals surface area (Å²) in [5.41, 5.74) is 7.22. The molecule has 1 aliphatic rings. The third-order valence-electron chi connectivity index (χ3n) is 2.38. The summed E-state index contributed by atoms with van der Waals surface area (Å²) in [6.45, 7) is 0. The Hall–Kier alpha value is -0.530. The predicted molar refractivity (Wildman–Crippen MR) is 51.1 cm³/mol. The predicted octanol–water partition coefficient (Wildman–Crippen LogP) is 2.75. The summed E-state index contributed by atoms with van der Waals surface area (Å²) in [7, 11) is 0. The van der Waals surface area contributed by atoms with Crippen LogP contribution in [0.3, 0.4) is 0 Å². The fourth-order valence-electron chi connectivity index (χ4n) is 1.41. The summed E-state index contributed by atoms with van der Waals surface area (Å²) in [5.74, 6) is 0.714. The number of nitrogens with two attached hydrogens (primary N) is 1. The second-order valence-electron chi connectivity index (χ2n) is 3.41. The maximum absolute atomic E-state index is 6.01. The van der Waals surface area contributed by atoms with Crippen molar-refractivity contribution in [3.8, 4) is 0 Å². The molecule has 0 spiro atoms. The van der Waals surface area contributed by atoms with Crippen LogP contribution < -0.4 is 5.73 Å².